The lowest BCUT2D eigenvalue weighted by Crippen LogP contribution is -2.43. The van der Waals surface area contributed by atoms with E-state index in [1.807, 2.05) is 20.8 Å². The lowest BCUT2D eigenvalue weighted by atomic mass is 9.89. The van der Waals surface area contributed by atoms with E-state index in [0.717, 1.165) is 30.7 Å². The van der Waals surface area contributed by atoms with Crippen LogP contribution in [0.4, 0.5) is 0 Å². The molecule has 1 aromatic rings. The highest BCUT2D eigenvalue weighted by atomic mass is 35.5. The second kappa shape index (κ2) is 8.91. The van der Waals surface area contributed by atoms with Crippen LogP contribution in [0.25, 0.3) is 0 Å². The van der Waals surface area contributed by atoms with Gasteiger partial charge in [-0.1, -0.05) is 0 Å². The highest BCUT2D eigenvalue weighted by Crippen LogP contribution is 2.30. The molecule has 2 saturated heterocycles. The molecule has 1 N–H and O–H groups in total. The van der Waals surface area contributed by atoms with Gasteiger partial charge in [-0.2, -0.15) is 4.31 Å². The number of aryl methyl sites for hydroxylation is 1. The van der Waals surface area contributed by atoms with Gasteiger partial charge < -0.3 is 10.1 Å². The first-order chi connectivity index (χ1) is 11.9. The minimum atomic E-state index is -3.42. The first-order valence-corrected chi connectivity index (χ1v) is 10.8. The van der Waals surface area contributed by atoms with Crippen molar-refractivity contribution in [2.75, 3.05) is 19.6 Å². The fourth-order valence-corrected chi connectivity index (χ4v) is 5.51. The molecule has 0 aromatic heterocycles. The molecule has 5 nitrogen and oxygen atoms in total. The smallest absolute Gasteiger partial charge is 0.243 e. The van der Waals surface area contributed by atoms with Crippen molar-refractivity contribution < 1.29 is 13.2 Å². The maximum absolute atomic E-state index is 13.0. The zero-order valence-corrected chi connectivity index (χ0v) is 17.5. The number of nitrogens with one attached hydrogen (secondary N) is 1. The molecule has 2 aliphatic heterocycles. The number of sulfonamides is 1. The van der Waals surface area contributed by atoms with Gasteiger partial charge in [-0.3, -0.25) is 0 Å². The number of ether oxygens (including phenoxy) is 1. The highest BCUT2D eigenvalue weighted by molar-refractivity contribution is 7.89. The SMILES string of the molecule is Cc1cc(S(=O)(=O)N2CCC(C3CCCN3)CC2)ccc1OC(C)C.Cl. The third-order valence-corrected chi connectivity index (χ3v) is 7.21. The molecule has 7 heteroatoms. The van der Waals surface area contributed by atoms with Gasteiger partial charge in [0, 0.05) is 19.1 Å². The normalized spacial score (nSPS) is 22.4. The molecule has 3 rings (SSSR count). The van der Waals surface area contributed by atoms with E-state index in [9.17, 15) is 8.42 Å². The molecular formula is C19H31ClN2O3S. The Bertz CT molecular complexity index is 695. The number of hydrogen-bond donors (Lipinski definition) is 1. The maximum atomic E-state index is 13.0. The molecule has 1 unspecified atom stereocenters. The topological polar surface area (TPSA) is 58.6 Å². The highest BCUT2D eigenvalue weighted by Gasteiger charge is 2.33. The summed E-state index contributed by atoms with van der Waals surface area (Å²) in [5, 5.41) is 3.56. The molecule has 2 fully saturated rings. The van der Waals surface area contributed by atoms with Gasteiger partial charge in [0.2, 0.25) is 10.0 Å². The molecule has 0 spiro atoms. The quantitative estimate of drug-likeness (QED) is 0.820. The van der Waals surface area contributed by atoms with Crippen LogP contribution in [-0.2, 0) is 10.0 Å². The maximum Gasteiger partial charge on any atom is 0.243 e. The van der Waals surface area contributed by atoms with Gasteiger partial charge in [-0.05, 0) is 82.7 Å². The van der Waals surface area contributed by atoms with E-state index in [-0.39, 0.29) is 18.5 Å². The Morgan fingerprint density at radius 2 is 1.88 bits per heavy atom. The third kappa shape index (κ3) is 4.71. The van der Waals surface area contributed by atoms with Gasteiger partial charge in [-0.25, -0.2) is 8.42 Å². The predicted molar refractivity (Wildman–Crippen MR) is 107 cm³/mol. The fraction of sp³-hybridized carbons (Fsp3) is 0.684. The largest absolute Gasteiger partial charge is 0.491 e. The zero-order valence-electron chi connectivity index (χ0n) is 15.9. The van der Waals surface area contributed by atoms with Crippen molar-refractivity contribution in [2.45, 2.75) is 63.5 Å². The number of rotatable bonds is 5. The van der Waals surface area contributed by atoms with Crippen LogP contribution in [0.1, 0.15) is 45.1 Å². The molecule has 26 heavy (non-hydrogen) atoms. The number of benzene rings is 1. The van der Waals surface area contributed by atoms with Crippen LogP contribution < -0.4 is 10.1 Å². The van der Waals surface area contributed by atoms with E-state index < -0.39 is 10.0 Å². The summed E-state index contributed by atoms with van der Waals surface area (Å²) in [5.41, 5.74) is 0.861. The fourth-order valence-electron chi connectivity index (χ4n) is 3.95. The molecule has 148 valence electrons. The molecule has 2 heterocycles. The zero-order chi connectivity index (χ0) is 18.0. The van der Waals surface area contributed by atoms with Crippen LogP contribution in [0.2, 0.25) is 0 Å². The van der Waals surface area contributed by atoms with E-state index in [1.54, 1.807) is 22.5 Å². The van der Waals surface area contributed by atoms with Crippen molar-refractivity contribution in [3.63, 3.8) is 0 Å². The van der Waals surface area contributed by atoms with E-state index in [0.29, 0.717) is 29.9 Å². The Kier molecular flexibility index (Phi) is 7.36. The van der Waals surface area contributed by atoms with Crippen LogP contribution in [0.15, 0.2) is 23.1 Å². The number of nitrogens with zero attached hydrogens (tertiary/aromatic N) is 1. The van der Waals surface area contributed by atoms with Gasteiger partial charge in [-0.15, -0.1) is 12.4 Å². The average molecular weight is 403 g/mol. The van der Waals surface area contributed by atoms with Gasteiger partial charge >= 0.3 is 0 Å². The number of halogens is 1. The lowest BCUT2D eigenvalue weighted by Gasteiger charge is -2.34. The average Bonchev–Trinajstić information content (AvgIpc) is 3.11. The molecule has 1 atom stereocenters. The summed E-state index contributed by atoms with van der Waals surface area (Å²) in [7, 11) is -3.42. The second-order valence-corrected chi connectivity index (χ2v) is 9.48. The monoisotopic (exact) mass is 402 g/mol. The number of piperidine rings is 1. The first-order valence-electron chi connectivity index (χ1n) is 9.39. The van der Waals surface area contributed by atoms with E-state index in [2.05, 4.69) is 5.32 Å². The molecule has 2 aliphatic rings. The van der Waals surface area contributed by atoms with Gasteiger partial charge in [0.15, 0.2) is 0 Å². The predicted octanol–water partition coefficient (Wildman–Crippen LogP) is 3.36. The summed E-state index contributed by atoms with van der Waals surface area (Å²) in [4.78, 5) is 0.374. The van der Waals surface area contributed by atoms with E-state index in [4.69, 9.17) is 4.74 Å². The summed E-state index contributed by atoms with van der Waals surface area (Å²) < 4.78 is 33.3. The van der Waals surface area contributed by atoms with Crippen molar-refractivity contribution in [2.24, 2.45) is 5.92 Å². The van der Waals surface area contributed by atoms with Crippen LogP contribution in [0, 0.1) is 12.8 Å². The Balaban J connectivity index is 0.00000243. The third-order valence-electron chi connectivity index (χ3n) is 5.31. The summed E-state index contributed by atoms with van der Waals surface area (Å²) in [6.07, 6.45) is 4.44. The Morgan fingerprint density at radius 3 is 2.42 bits per heavy atom. The Labute approximate surface area is 164 Å². The lowest BCUT2D eigenvalue weighted by molar-refractivity contribution is 0.234. The van der Waals surface area contributed by atoms with E-state index >= 15 is 0 Å². The molecular weight excluding hydrogens is 372 g/mol. The van der Waals surface area contributed by atoms with Crippen molar-refractivity contribution in [3.05, 3.63) is 23.8 Å². The van der Waals surface area contributed by atoms with Crippen molar-refractivity contribution in [1.82, 2.24) is 9.62 Å². The summed E-state index contributed by atoms with van der Waals surface area (Å²) >= 11 is 0. The van der Waals surface area contributed by atoms with Gasteiger partial charge in [0.25, 0.3) is 0 Å². The summed E-state index contributed by atoms with van der Waals surface area (Å²) in [6, 6.07) is 5.76. The summed E-state index contributed by atoms with van der Waals surface area (Å²) in [5.74, 6) is 1.36. The Morgan fingerprint density at radius 1 is 1.19 bits per heavy atom. The van der Waals surface area contributed by atoms with Crippen molar-refractivity contribution >= 4 is 22.4 Å². The molecule has 0 aliphatic carbocycles. The molecule has 0 saturated carbocycles. The molecule has 0 bridgehead atoms. The van der Waals surface area contributed by atoms with Crippen LogP contribution >= 0.6 is 12.4 Å². The molecule has 0 radical (unpaired) electrons. The minimum Gasteiger partial charge on any atom is -0.491 e. The molecule has 0 amide bonds. The second-order valence-electron chi connectivity index (χ2n) is 7.54. The van der Waals surface area contributed by atoms with E-state index in [1.165, 1.54) is 12.8 Å². The number of hydrogen-bond acceptors (Lipinski definition) is 4. The minimum absolute atomic E-state index is 0. The van der Waals surface area contributed by atoms with Crippen molar-refractivity contribution in [1.29, 1.82) is 0 Å². The standard InChI is InChI=1S/C19H30N2O3S.ClH/c1-14(2)24-19-7-6-17(13-15(19)3)25(22,23)21-11-8-16(9-12-21)18-5-4-10-20-18;/h6-7,13-14,16,18,20H,4-5,8-12H2,1-3H3;1H. The van der Waals surface area contributed by atoms with Crippen LogP contribution in [0.3, 0.4) is 0 Å². The molecule has 1 aromatic carbocycles. The first kappa shape index (κ1) is 21.5. The van der Waals surface area contributed by atoms with Crippen molar-refractivity contribution in [3.8, 4) is 5.75 Å². The summed E-state index contributed by atoms with van der Waals surface area (Å²) in [6.45, 7) is 8.17. The van der Waals surface area contributed by atoms with Crippen LogP contribution in [-0.4, -0.2) is 44.5 Å². The van der Waals surface area contributed by atoms with Crippen LogP contribution in [0.5, 0.6) is 5.75 Å². The Hall–Kier alpha value is -0.820. The van der Waals surface area contributed by atoms with Gasteiger partial charge in [0.05, 0.1) is 11.0 Å². The van der Waals surface area contributed by atoms with Gasteiger partial charge in [0.1, 0.15) is 5.75 Å².